The number of amides is 2. The topological polar surface area (TPSA) is 105 Å². The Morgan fingerprint density at radius 3 is 2.67 bits per heavy atom. The second-order valence-corrected chi connectivity index (χ2v) is 2.62. The third kappa shape index (κ3) is 3.11. The Morgan fingerprint density at radius 2 is 2.07 bits per heavy atom. The number of rotatable bonds is 2. The molecule has 0 unspecified atom stereocenters. The van der Waals surface area contributed by atoms with Gasteiger partial charge in [0.05, 0.1) is 6.21 Å². The van der Waals surface area contributed by atoms with E-state index in [0.717, 1.165) is 0 Å². The van der Waals surface area contributed by atoms with Crippen LogP contribution in [0.15, 0.2) is 29.4 Å². The normalized spacial score (nSPS) is 10.1. The van der Waals surface area contributed by atoms with Crippen LogP contribution in [0.5, 0.6) is 5.75 Å². The fourth-order valence-corrected chi connectivity index (χ4v) is 0.812. The van der Waals surface area contributed by atoms with Crippen LogP contribution in [0.3, 0.4) is 0 Å². The summed E-state index contributed by atoms with van der Waals surface area (Å²) < 4.78 is 0. The maximum absolute atomic E-state index is 10.7. The molecule has 1 aromatic carbocycles. The summed E-state index contributed by atoms with van der Waals surface area (Å²) in [5.74, 6) is -2.11. The molecule has 0 aliphatic heterocycles. The minimum absolute atomic E-state index is 0.0228. The van der Waals surface area contributed by atoms with Crippen molar-refractivity contribution in [3.05, 3.63) is 29.8 Å². The van der Waals surface area contributed by atoms with Crippen LogP contribution in [0, 0.1) is 0 Å². The number of primary amides is 1. The first-order valence-electron chi connectivity index (χ1n) is 4.02. The maximum Gasteiger partial charge on any atom is 0.329 e. The molecule has 15 heavy (non-hydrogen) atoms. The molecule has 0 fully saturated rings. The molecule has 0 atom stereocenters. The number of carbonyl (C=O) groups is 2. The highest BCUT2D eigenvalue weighted by Gasteiger charge is 2.05. The Balaban J connectivity index is 2.63. The Bertz CT molecular complexity index is 415. The lowest BCUT2D eigenvalue weighted by Crippen LogP contribution is -2.32. The van der Waals surface area contributed by atoms with Crippen LogP contribution < -0.4 is 11.2 Å². The lowest BCUT2D eigenvalue weighted by molar-refractivity contribution is -0.137. The number of aromatic hydroxyl groups is 1. The van der Waals surface area contributed by atoms with Gasteiger partial charge < -0.3 is 10.8 Å². The number of nitrogens with zero attached hydrogens (tertiary/aromatic N) is 1. The van der Waals surface area contributed by atoms with Crippen LogP contribution in [0.4, 0.5) is 0 Å². The van der Waals surface area contributed by atoms with E-state index in [1.54, 1.807) is 18.2 Å². The summed E-state index contributed by atoms with van der Waals surface area (Å²) >= 11 is 0. The molecule has 6 nitrogen and oxygen atoms in total. The number of carbonyl (C=O) groups excluding carboxylic acids is 2. The first kappa shape index (κ1) is 10.7. The summed E-state index contributed by atoms with van der Waals surface area (Å²) in [6, 6.07) is 6.40. The molecule has 0 radical (unpaired) electrons. The minimum Gasteiger partial charge on any atom is -0.507 e. The smallest absolute Gasteiger partial charge is 0.329 e. The number of nitrogens with one attached hydrogen (secondary N) is 1. The van der Waals surface area contributed by atoms with Crippen molar-refractivity contribution < 1.29 is 14.7 Å². The zero-order chi connectivity index (χ0) is 11.3. The van der Waals surface area contributed by atoms with Gasteiger partial charge >= 0.3 is 11.8 Å². The molecular weight excluding hydrogens is 198 g/mol. The lowest BCUT2D eigenvalue weighted by atomic mass is 10.2. The molecule has 2 amide bonds. The first-order chi connectivity index (χ1) is 7.11. The fourth-order valence-electron chi connectivity index (χ4n) is 0.812. The van der Waals surface area contributed by atoms with Gasteiger partial charge in [0.25, 0.3) is 0 Å². The molecule has 0 heterocycles. The molecule has 0 aliphatic carbocycles. The Hall–Kier alpha value is -2.37. The molecule has 0 aliphatic rings. The van der Waals surface area contributed by atoms with Crippen molar-refractivity contribution >= 4 is 18.0 Å². The summed E-state index contributed by atoms with van der Waals surface area (Å²) in [5, 5.41) is 12.7. The highest BCUT2D eigenvalue weighted by atomic mass is 16.3. The van der Waals surface area contributed by atoms with Crippen LogP contribution in [0.25, 0.3) is 0 Å². The molecule has 1 aromatic rings. The molecular formula is C9H9N3O3. The third-order valence-electron chi connectivity index (χ3n) is 1.53. The van der Waals surface area contributed by atoms with Crippen molar-refractivity contribution in [1.82, 2.24) is 5.43 Å². The standard InChI is InChI=1S/C9H9N3O3/c10-8(14)9(15)12-11-5-6-3-1-2-4-7(6)13/h1-5,13H,(H2,10,14)(H,12,15)/b11-5+. The number of hydrazone groups is 1. The van der Waals surface area contributed by atoms with E-state index in [9.17, 15) is 14.7 Å². The van der Waals surface area contributed by atoms with Crippen LogP contribution in [0.2, 0.25) is 0 Å². The Morgan fingerprint density at radius 1 is 1.40 bits per heavy atom. The summed E-state index contributed by atoms with van der Waals surface area (Å²) in [5.41, 5.74) is 6.99. The summed E-state index contributed by atoms with van der Waals surface area (Å²) in [4.78, 5) is 21.0. The van der Waals surface area contributed by atoms with Crippen LogP contribution in [-0.2, 0) is 9.59 Å². The van der Waals surface area contributed by atoms with Crippen molar-refractivity contribution in [2.24, 2.45) is 10.8 Å². The van der Waals surface area contributed by atoms with Gasteiger partial charge in [-0.3, -0.25) is 9.59 Å². The first-order valence-corrected chi connectivity index (χ1v) is 4.02. The van der Waals surface area contributed by atoms with Crippen molar-refractivity contribution in [1.29, 1.82) is 0 Å². The molecule has 6 heteroatoms. The highest BCUT2D eigenvalue weighted by molar-refractivity contribution is 6.34. The molecule has 0 saturated heterocycles. The largest absolute Gasteiger partial charge is 0.507 e. The highest BCUT2D eigenvalue weighted by Crippen LogP contribution is 2.12. The minimum atomic E-state index is -1.12. The predicted octanol–water partition coefficient (Wildman–Crippen LogP) is -0.672. The van der Waals surface area contributed by atoms with Gasteiger partial charge in [0.15, 0.2) is 0 Å². The molecule has 0 aromatic heterocycles. The summed E-state index contributed by atoms with van der Waals surface area (Å²) in [6.07, 6.45) is 1.20. The van der Waals surface area contributed by atoms with Gasteiger partial charge in [-0.25, -0.2) is 5.43 Å². The van der Waals surface area contributed by atoms with Gasteiger partial charge in [-0.2, -0.15) is 5.10 Å². The fraction of sp³-hybridized carbons (Fsp3) is 0. The zero-order valence-electron chi connectivity index (χ0n) is 7.68. The monoisotopic (exact) mass is 207 g/mol. The number of nitrogens with two attached hydrogens (primary N) is 1. The summed E-state index contributed by atoms with van der Waals surface area (Å²) in [7, 11) is 0. The number of para-hydroxylation sites is 1. The van der Waals surface area contributed by atoms with Gasteiger partial charge in [-0.15, -0.1) is 0 Å². The van der Waals surface area contributed by atoms with Gasteiger partial charge in [-0.1, -0.05) is 12.1 Å². The summed E-state index contributed by atoms with van der Waals surface area (Å²) in [6.45, 7) is 0. The van der Waals surface area contributed by atoms with E-state index in [4.69, 9.17) is 0 Å². The van der Waals surface area contributed by atoms with E-state index in [-0.39, 0.29) is 5.75 Å². The van der Waals surface area contributed by atoms with E-state index >= 15 is 0 Å². The van der Waals surface area contributed by atoms with Crippen LogP contribution >= 0.6 is 0 Å². The lowest BCUT2D eigenvalue weighted by Gasteiger charge is -1.96. The molecule has 0 bridgehead atoms. The second kappa shape index (κ2) is 4.75. The SMILES string of the molecule is NC(=O)C(=O)N/N=C/c1ccccc1O. The van der Waals surface area contributed by atoms with Crippen molar-refractivity contribution in [3.63, 3.8) is 0 Å². The molecule has 1 rings (SSSR count). The Kier molecular flexibility index (Phi) is 3.39. The van der Waals surface area contributed by atoms with E-state index < -0.39 is 11.8 Å². The van der Waals surface area contributed by atoms with Crippen molar-refractivity contribution in [2.75, 3.05) is 0 Å². The van der Waals surface area contributed by atoms with E-state index in [0.29, 0.717) is 5.56 Å². The van der Waals surface area contributed by atoms with Gasteiger partial charge in [0.1, 0.15) is 5.75 Å². The van der Waals surface area contributed by atoms with Gasteiger partial charge in [0.2, 0.25) is 0 Å². The van der Waals surface area contributed by atoms with E-state index in [2.05, 4.69) is 10.8 Å². The quantitative estimate of drug-likeness (QED) is 0.340. The van der Waals surface area contributed by atoms with Crippen LogP contribution in [0.1, 0.15) is 5.56 Å². The van der Waals surface area contributed by atoms with Crippen molar-refractivity contribution in [2.45, 2.75) is 0 Å². The number of hydrogen-bond acceptors (Lipinski definition) is 4. The van der Waals surface area contributed by atoms with E-state index in [1.807, 2.05) is 5.43 Å². The third-order valence-corrected chi connectivity index (χ3v) is 1.53. The number of hydrogen-bond donors (Lipinski definition) is 3. The average Bonchev–Trinajstić information content (AvgIpc) is 2.20. The van der Waals surface area contributed by atoms with Crippen LogP contribution in [-0.4, -0.2) is 23.1 Å². The average molecular weight is 207 g/mol. The van der Waals surface area contributed by atoms with Crippen molar-refractivity contribution in [3.8, 4) is 5.75 Å². The Labute approximate surface area is 85.4 Å². The van der Waals surface area contributed by atoms with E-state index in [1.165, 1.54) is 12.3 Å². The van der Waals surface area contributed by atoms with Gasteiger partial charge in [-0.05, 0) is 12.1 Å². The second-order valence-electron chi connectivity index (χ2n) is 2.62. The van der Waals surface area contributed by atoms with Gasteiger partial charge in [0, 0.05) is 5.56 Å². The maximum atomic E-state index is 10.7. The number of phenolic OH excluding ortho intramolecular Hbond substituents is 1. The number of benzene rings is 1. The predicted molar refractivity (Wildman–Crippen MR) is 53.0 cm³/mol. The molecule has 0 spiro atoms. The molecule has 78 valence electrons. The zero-order valence-corrected chi connectivity index (χ0v) is 7.68. The molecule has 4 N–H and O–H groups in total. The number of phenols is 1. The molecule has 0 saturated carbocycles.